The highest BCUT2D eigenvalue weighted by atomic mass is 16.3. The Morgan fingerprint density at radius 2 is 0.775 bits per heavy atom. The van der Waals surface area contributed by atoms with Crippen LogP contribution in [-0.2, 0) is 10.8 Å². The van der Waals surface area contributed by atoms with Crippen LogP contribution in [-0.4, -0.2) is 0 Å². The Balaban J connectivity index is 0.875. The minimum absolute atomic E-state index is 0.156. The van der Waals surface area contributed by atoms with Gasteiger partial charge in [-0.15, -0.1) is 0 Å². The fourth-order valence-corrected chi connectivity index (χ4v) is 12.5. The van der Waals surface area contributed by atoms with Gasteiger partial charge in [-0.25, -0.2) is 0 Å². The van der Waals surface area contributed by atoms with Gasteiger partial charge in [0.15, 0.2) is 0 Å². The molecule has 0 spiro atoms. The molecule has 0 bridgehead atoms. The first kappa shape index (κ1) is 41.6. The Kier molecular flexibility index (Phi) is 8.81. The van der Waals surface area contributed by atoms with Crippen molar-refractivity contribution < 1.29 is 4.42 Å². The fourth-order valence-electron chi connectivity index (χ4n) is 12.5. The number of rotatable bonds is 6. The number of hydrogen-bond acceptors (Lipinski definition) is 3. The molecule has 3 heteroatoms. The molecular formula is C68H52N2O. The third kappa shape index (κ3) is 6.22. The zero-order valence-corrected chi connectivity index (χ0v) is 40.9. The predicted octanol–water partition coefficient (Wildman–Crippen LogP) is 19.2. The lowest BCUT2D eigenvalue weighted by Crippen LogP contribution is -2.16. The minimum atomic E-state index is -0.162. The maximum absolute atomic E-state index is 6.92. The van der Waals surface area contributed by atoms with E-state index in [4.69, 9.17) is 4.42 Å². The van der Waals surface area contributed by atoms with E-state index in [9.17, 15) is 0 Å². The molecule has 0 atom stereocenters. The van der Waals surface area contributed by atoms with Crippen LogP contribution in [0.1, 0.15) is 61.1 Å². The van der Waals surface area contributed by atoms with Crippen LogP contribution in [0.2, 0.25) is 0 Å². The van der Waals surface area contributed by atoms with E-state index in [1.54, 1.807) is 0 Å². The molecule has 3 nitrogen and oxygen atoms in total. The van der Waals surface area contributed by atoms with Gasteiger partial charge in [-0.1, -0.05) is 143 Å². The van der Waals surface area contributed by atoms with Crippen LogP contribution in [0.3, 0.4) is 0 Å². The molecule has 0 saturated heterocycles. The van der Waals surface area contributed by atoms with Crippen LogP contribution < -0.4 is 9.80 Å². The van der Waals surface area contributed by atoms with Crippen molar-refractivity contribution in [1.29, 1.82) is 0 Å². The average Bonchev–Trinajstić information content (AvgIpc) is 3.94. The van der Waals surface area contributed by atoms with Crippen molar-refractivity contribution in [3.8, 4) is 22.3 Å². The van der Waals surface area contributed by atoms with Gasteiger partial charge in [0.05, 0.1) is 0 Å². The van der Waals surface area contributed by atoms with Crippen LogP contribution in [0.4, 0.5) is 34.1 Å². The highest BCUT2D eigenvalue weighted by Crippen LogP contribution is 2.55. The summed E-state index contributed by atoms with van der Waals surface area (Å²) in [5.41, 5.74) is 21.3. The number of benzene rings is 11. The van der Waals surface area contributed by atoms with Crippen molar-refractivity contribution in [1.82, 2.24) is 0 Å². The predicted molar refractivity (Wildman–Crippen MR) is 300 cm³/mol. The molecule has 1 aromatic heterocycles. The van der Waals surface area contributed by atoms with Gasteiger partial charge >= 0.3 is 0 Å². The first-order chi connectivity index (χ1) is 34.5. The summed E-state index contributed by atoms with van der Waals surface area (Å²) >= 11 is 0. The van der Waals surface area contributed by atoms with Crippen molar-refractivity contribution in [2.75, 3.05) is 9.80 Å². The van der Waals surface area contributed by atoms with E-state index >= 15 is 0 Å². The summed E-state index contributed by atoms with van der Waals surface area (Å²) in [5.74, 6) is 0. The number of anilines is 6. The van der Waals surface area contributed by atoms with E-state index in [1.807, 2.05) is 0 Å². The second-order valence-corrected chi connectivity index (χ2v) is 21.1. The smallest absolute Gasteiger partial charge is 0.137 e. The van der Waals surface area contributed by atoms with Crippen LogP contribution in [0.5, 0.6) is 0 Å². The molecule has 2 aliphatic carbocycles. The summed E-state index contributed by atoms with van der Waals surface area (Å²) in [5, 5.41) is 9.70. The van der Waals surface area contributed by atoms with Crippen molar-refractivity contribution in [3.63, 3.8) is 0 Å². The van der Waals surface area contributed by atoms with Crippen LogP contribution in [0.15, 0.2) is 211 Å². The zero-order chi connectivity index (χ0) is 47.9. The van der Waals surface area contributed by atoms with Crippen LogP contribution >= 0.6 is 0 Å². The Labute approximate surface area is 414 Å². The highest BCUT2D eigenvalue weighted by Gasteiger charge is 2.38. The standard InChI is InChI=1S/C68H52N2O/c1-41-13-11-17-47(33-41)69(50-26-29-56-61(38-50)67(3,4)59-31-22-43-15-7-9-19-53(43)65(56)59)49-24-21-45-36-58-55-28-25-52(40-64(55)71-63(58)37-46(45)35-49)70(48-18-12-14-42(2)34-48)51-27-30-57-62(39-51)68(5,6)60-32-23-44-16-8-10-20-54(44)66(57)60/h7-40H,1-6H3. The lowest BCUT2D eigenvalue weighted by molar-refractivity contribution is 0.661. The van der Waals surface area contributed by atoms with Gasteiger partial charge in [-0.3, -0.25) is 0 Å². The molecule has 2 aliphatic rings. The van der Waals surface area contributed by atoms with E-state index in [0.717, 1.165) is 61.4 Å². The Morgan fingerprint density at radius 3 is 1.34 bits per heavy atom. The van der Waals surface area contributed by atoms with E-state index in [2.05, 4.69) is 258 Å². The molecule has 0 amide bonds. The molecule has 14 rings (SSSR count). The summed E-state index contributed by atoms with van der Waals surface area (Å²) in [6.45, 7) is 13.8. The fraction of sp³-hybridized carbons (Fsp3) is 0.118. The van der Waals surface area contributed by atoms with E-state index in [1.165, 1.54) is 82.6 Å². The monoisotopic (exact) mass is 912 g/mol. The first-order valence-electron chi connectivity index (χ1n) is 25.0. The van der Waals surface area contributed by atoms with Crippen LogP contribution in [0.25, 0.3) is 76.5 Å². The molecule has 0 unspecified atom stereocenters. The summed E-state index contributed by atoms with van der Waals surface area (Å²) in [7, 11) is 0. The minimum Gasteiger partial charge on any atom is -0.456 e. The van der Waals surface area contributed by atoms with Crippen LogP contribution in [0, 0.1) is 13.8 Å². The lowest BCUT2D eigenvalue weighted by Gasteiger charge is -2.28. The van der Waals surface area contributed by atoms with E-state index < -0.39 is 0 Å². The van der Waals surface area contributed by atoms with Gasteiger partial charge in [-0.05, 0) is 187 Å². The molecule has 0 radical (unpaired) electrons. The van der Waals surface area contributed by atoms with Crippen molar-refractivity contribution in [2.24, 2.45) is 0 Å². The Morgan fingerprint density at radius 1 is 0.310 bits per heavy atom. The average molecular weight is 913 g/mol. The maximum atomic E-state index is 6.92. The number of aryl methyl sites for hydroxylation is 2. The molecule has 11 aromatic carbocycles. The zero-order valence-electron chi connectivity index (χ0n) is 40.9. The summed E-state index contributed by atoms with van der Waals surface area (Å²) in [6, 6.07) is 76.8. The number of nitrogens with zero attached hydrogens (tertiary/aromatic N) is 2. The summed E-state index contributed by atoms with van der Waals surface area (Å²) in [6.07, 6.45) is 0. The number of furan rings is 1. The first-order valence-corrected chi connectivity index (χ1v) is 25.0. The molecule has 0 aliphatic heterocycles. The van der Waals surface area contributed by atoms with Gasteiger partial charge in [0.2, 0.25) is 0 Å². The third-order valence-corrected chi connectivity index (χ3v) is 16.0. The summed E-state index contributed by atoms with van der Waals surface area (Å²) in [4.78, 5) is 4.81. The molecular weight excluding hydrogens is 861 g/mol. The van der Waals surface area contributed by atoms with Gasteiger partial charge in [0, 0.05) is 61.8 Å². The van der Waals surface area contributed by atoms with E-state index in [-0.39, 0.29) is 10.8 Å². The number of fused-ring (bicyclic) bond motifs is 14. The Bertz CT molecular complexity index is 4020. The highest BCUT2D eigenvalue weighted by molar-refractivity contribution is 6.12. The van der Waals surface area contributed by atoms with Crippen molar-refractivity contribution in [3.05, 3.63) is 240 Å². The molecule has 0 N–H and O–H groups in total. The second kappa shape index (κ2) is 15.1. The molecule has 71 heavy (non-hydrogen) atoms. The second-order valence-electron chi connectivity index (χ2n) is 21.1. The van der Waals surface area contributed by atoms with Crippen molar-refractivity contribution in [2.45, 2.75) is 52.4 Å². The maximum Gasteiger partial charge on any atom is 0.137 e. The molecule has 340 valence electrons. The van der Waals surface area contributed by atoms with Crippen molar-refractivity contribution >= 4 is 88.4 Å². The van der Waals surface area contributed by atoms with Gasteiger partial charge in [0.1, 0.15) is 11.2 Å². The van der Waals surface area contributed by atoms with E-state index in [0.29, 0.717) is 0 Å². The summed E-state index contributed by atoms with van der Waals surface area (Å²) < 4.78 is 6.92. The number of hydrogen-bond donors (Lipinski definition) is 0. The Hall–Kier alpha value is -8.40. The third-order valence-electron chi connectivity index (χ3n) is 16.0. The largest absolute Gasteiger partial charge is 0.456 e. The SMILES string of the molecule is Cc1cccc(N(c2ccc3c(c2)C(C)(C)c2ccc4ccccc4c2-3)c2ccc3cc4c(cc3c2)oc2cc(N(c3cccc(C)c3)c3ccc5c(c3)C(C)(C)c3ccc6ccccc6c3-5)ccc24)c1. The topological polar surface area (TPSA) is 19.6 Å². The molecule has 0 saturated carbocycles. The normalized spacial score (nSPS) is 14.0. The molecule has 1 heterocycles. The molecule has 0 fully saturated rings. The van der Waals surface area contributed by atoms with Gasteiger partial charge in [0.25, 0.3) is 0 Å². The van der Waals surface area contributed by atoms with Gasteiger partial charge < -0.3 is 14.2 Å². The molecule has 12 aromatic rings. The van der Waals surface area contributed by atoms with Gasteiger partial charge in [-0.2, -0.15) is 0 Å². The quantitative estimate of drug-likeness (QED) is 0.166. The lowest BCUT2D eigenvalue weighted by atomic mass is 9.82.